The average molecular weight is 378 g/mol. The lowest BCUT2D eigenvalue weighted by Gasteiger charge is -2.41. The molecule has 2 fully saturated rings. The Hall–Kier alpha value is -1.18. The molecule has 7 heteroatoms. The summed E-state index contributed by atoms with van der Waals surface area (Å²) in [5.74, 6) is 0.0183. The Kier molecular flexibility index (Phi) is 4.97. The molecule has 2 aliphatic rings. The van der Waals surface area contributed by atoms with E-state index in [9.17, 15) is 4.79 Å². The van der Waals surface area contributed by atoms with Gasteiger partial charge < -0.3 is 15.0 Å². The molecule has 4 heterocycles. The zero-order valence-corrected chi connectivity index (χ0v) is 16.7. The fourth-order valence-electron chi connectivity index (χ4n) is 4.61. The molecule has 2 aliphatic heterocycles. The molecule has 136 valence electrons. The second-order valence-corrected chi connectivity index (χ2v) is 13.9. The lowest BCUT2D eigenvalue weighted by molar-refractivity contribution is 0.0929. The van der Waals surface area contributed by atoms with E-state index in [-0.39, 0.29) is 5.91 Å². The molecule has 0 aliphatic carbocycles. The molecular formula is C18H27N3O2SSi. The van der Waals surface area contributed by atoms with Crippen LogP contribution < -0.4 is 5.32 Å². The molecule has 5 nitrogen and oxygen atoms in total. The zero-order valence-electron chi connectivity index (χ0n) is 14.9. The number of methoxy groups -OCH3 is 1. The monoisotopic (exact) mass is 377 g/mol. The maximum absolute atomic E-state index is 12.6. The zero-order chi connectivity index (χ0) is 17.3. The van der Waals surface area contributed by atoms with Crippen molar-refractivity contribution in [2.24, 2.45) is 0 Å². The number of thiazole rings is 1. The Morgan fingerprint density at radius 1 is 1.32 bits per heavy atom. The molecule has 0 bridgehead atoms. The number of H-pyrrole nitrogens is 1. The number of nitrogens with one attached hydrogen (secondary N) is 2. The van der Waals surface area contributed by atoms with Gasteiger partial charge in [-0.3, -0.25) is 4.79 Å². The van der Waals surface area contributed by atoms with Gasteiger partial charge >= 0.3 is 0 Å². The highest BCUT2D eigenvalue weighted by molar-refractivity contribution is 7.18. The maximum Gasteiger partial charge on any atom is 0.268 e. The quantitative estimate of drug-likeness (QED) is 0.781. The summed E-state index contributed by atoms with van der Waals surface area (Å²) in [4.78, 5) is 20.2. The molecule has 2 aromatic heterocycles. The van der Waals surface area contributed by atoms with Crippen molar-refractivity contribution in [2.75, 3.05) is 7.11 Å². The van der Waals surface area contributed by atoms with Gasteiger partial charge in [0.2, 0.25) is 0 Å². The first-order valence-corrected chi connectivity index (χ1v) is 13.1. The molecule has 2 N–H and O–H groups in total. The average Bonchev–Trinajstić information content (AvgIpc) is 3.17. The van der Waals surface area contributed by atoms with Crippen LogP contribution in [-0.4, -0.2) is 37.1 Å². The van der Waals surface area contributed by atoms with Crippen LogP contribution in [0.15, 0.2) is 6.07 Å². The normalized spacial score (nSPS) is 21.0. The molecule has 0 unspecified atom stereocenters. The summed E-state index contributed by atoms with van der Waals surface area (Å²) < 4.78 is 6.13. The molecule has 0 atom stereocenters. The van der Waals surface area contributed by atoms with E-state index in [1.54, 1.807) is 18.4 Å². The number of hydrogen-bond acceptors (Lipinski definition) is 4. The summed E-state index contributed by atoms with van der Waals surface area (Å²) >= 11 is 1.58. The van der Waals surface area contributed by atoms with Crippen molar-refractivity contribution in [3.63, 3.8) is 0 Å². The molecule has 4 rings (SSSR count). The number of hydrogen-bond donors (Lipinski definition) is 2. The number of aromatic amines is 1. The SMILES string of the molecule is COCc1nc2[nH]c(C(=O)NC3CC[Si]4(CCCCC4)CC3)cc2s1. The number of fused-ring (bicyclic) bond motifs is 1. The van der Waals surface area contributed by atoms with Gasteiger partial charge in [0.15, 0.2) is 0 Å². The van der Waals surface area contributed by atoms with Crippen molar-refractivity contribution < 1.29 is 9.53 Å². The standard InChI is InChI=1S/C18H27N3O2SSi/c1-23-12-16-21-17-15(24-16)11-14(20-17)18(22)19-13-5-9-25(10-6-13)7-3-2-4-8-25/h11,13,20H,2-10,12H2,1H3,(H,19,22). The number of rotatable bonds is 4. The third-order valence-corrected chi connectivity index (χ3v) is 12.5. The minimum Gasteiger partial charge on any atom is -0.378 e. The summed E-state index contributed by atoms with van der Waals surface area (Å²) in [7, 11) is 0.715. The first kappa shape index (κ1) is 17.2. The van der Waals surface area contributed by atoms with E-state index in [1.807, 2.05) is 6.07 Å². The van der Waals surface area contributed by atoms with Crippen molar-refractivity contribution in [3.8, 4) is 0 Å². The van der Waals surface area contributed by atoms with Crippen molar-refractivity contribution in [3.05, 3.63) is 16.8 Å². The minimum atomic E-state index is -0.951. The van der Waals surface area contributed by atoms with Gasteiger partial charge in [0.25, 0.3) is 5.91 Å². The smallest absolute Gasteiger partial charge is 0.268 e. The Bertz CT molecular complexity index is 709. The van der Waals surface area contributed by atoms with Crippen LogP contribution in [0, 0.1) is 0 Å². The second-order valence-electron chi connectivity index (χ2n) is 7.74. The van der Waals surface area contributed by atoms with E-state index >= 15 is 0 Å². The highest BCUT2D eigenvalue weighted by Crippen LogP contribution is 2.40. The van der Waals surface area contributed by atoms with Crippen molar-refractivity contribution in [2.45, 2.75) is 68.9 Å². The summed E-state index contributed by atoms with van der Waals surface area (Å²) in [5.41, 5.74) is 1.42. The number of aromatic nitrogens is 2. The number of carbonyl (C=O) groups excluding carboxylic acids is 1. The molecule has 2 aromatic rings. The van der Waals surface area contributed by atoms with Crippen LogP contribution >= 0.6 is 11.3 Å². The Labute approximate surface area is 153 Å². The minimum absolute atomic E-state index is 0.0183. The third-order valence-electron chi connectivity index (χ3n) is 6.03. The lowest BCUT2D eigenvalue weighted by atomic mass is 10.1. The predicted octanol–water partition coefficient (Wildman–Crippen LogP) is 4.30. The van der Waals surface area contributed by atoms with E-state index in [4.69, 9.17) is 4.74 Å². The number of amides is 1. The van der Waals surface area contributed by atoms with E-state index in [1.165, 1.54) is 56.3 Å². The van der Waals surface area contributed by atoms with E-state index in [0.717, 1.165) is 15.4 Å². The molecule has 1 spiro atoms. The lowest BCUT2D eigenvalue weighted by Crippen LogP contribution is -2.46. The van der Waals surface area contributed by atoms with E-state index < -0.39 is 8.07 Å². The molecular weight excluding hydrogens is 350 g/mol. The summed E-state index contributed by atoms with van der Waals surface area (Å²) in [6, 6.07) is 8.18. The molecule has 1 amide bonds. The van der Waals surface area contributed by atoms with Crippen LogP contribution in [0.3, 0.4) is 0 Å². The van der Waals surface area contributed by atoms with Gasteiger partial charge in [-0.15, -0.1) is 11.3 Å². The van der Waals surface area contributed by atoms with Gasteiger partial charge in [-0.25, -0.2) is 4.98 Å². The van der Waals surface area contributed by atoms with Crippen LogP contribution in [-0.2, 0) is 11.3 Å². The summed E-state index contributed by atoms with van der Waals surface area (Å²) in [5, 5.41) is 4.19. The maximum atomic E-state index is 12.6. The molecule has 0 saturated carbocycles. The van der Waals surface area contributed by atoms with Crippen LogP contribution in [0.1, 0.15) is 47.6 Å². The van der Waals surface area contributed by atoms with Crippen LogP contribution in [0.5, 0.6) is 0 Å². The molecule has 0 radical (unpaired) electrons. The van der Waals surface area contributed by atoms with Crippen LogP contribution in [0.4, 0.5) is 0 Å². The number of carbonyl (C=O) groups is 1. The molecule has 2 saturated heterocycles. The van der Waals surface area contributed by atoms with Crippen molar-refractivity contribution >= 4 is 35.7 Å². The topological polar surface area (TPSA) is 67.0 Å². The first-order chi connectivity index (χ1) is 12.2. The van der Waals surface area contributed by atoms with E-state index in [0.29, 0.717) is 18.3 Å². The van der Waals surface area contributed by atoms with Gasteiger partial charge in [0, 0.05) is 13.2 Å². The number of nitrogens with zero attached hydrogens (tertiary/aromatic N) is 1. The van der Waals surface area contributed by atoms with Gasteiger partial charge in [0.1, 0.15) is 16.3 Å². The Morgan fingerprint density at radius 3 is 2.76 bits per heavy atom. The summed E-state index contributed by atoms with van der Waals surface area (Å²) in [6.07, 6.45) is 6.73. The third kappa shape index (κ3) is 3.68. The number of ether oxygens (including phenoxy) is 1. The van der Waals surface area contributed by atoms with Crippen LogP contribution in [0.25, 0.3) is 10.3 Å². The van der Waals surface area contributed by atoms with Crippen molar-refractivity contribution in [1.82, 2.24) is 15.3 Å². The highest BCUT2D eigenvalue weighted by atomic mass is 32.1. The first-order valence-electron chi connectivity index (χ1n) is 9.46. The van der Waals surface area contributed by atoms with Gasteiger partial charge in [-0.2, -0.15) is 0 Å². The second kappa shape index (κ2) is 7.21. The molecule has 25 heavy (non-hydrogen) atoms. The van der Waals surface area contributed by atoms with Crippen LogP contribution in [0.2, 0.25) is 24.2 Å². The Balaban J connectivity index is 1.35. The molecule has 0 aromatic carbocycles. The fraction of sp³-hybridized carbons (Fsp3) is 0.667. The van der Waals surface area contributed by atoms with E-state index in [2.05, 4.69) is 15.3 Å². The highest BCUT2D eigenvalue weighted by Gasteiger charge is 2.38. The Morgan fingerprint density at radius 2 is 2.08 bits per heavy atom. The van der Waals surface area contributed by atoms with Gasteiger partial charge in [0.05, 0.1) is 19.4 Å². The van der Waals surface area contributed by atoms with Gasteiger partial charge in [-0.05, 0) is 18.9 Å². The predicted molar refractivity (Wildman–Crippen MR) is 104 cm³/mol. The van der Waals surface area contributed by atoms with Crippen molar-refractivity contribution in [1.29, 1.82) is 0 Å². The fourth-order valence-corrected chi connectivity index (χ4v) is 11.0. The van der Waals surface area contributed by atoms with Gasteiger partial charge in [-0.1, -0.05) is 43.4 Å². The largest absolute Gasteiger partial charge is 0.378 e. The summed E-state index contributed by atoms with van der Waals surface area (Å²) in [6.45, 7) is 0.516.